The second-order valence-corrected chi connectivity index (χ2v) is 5.14. The summed E-state index contributed by atoms with van der Waals surface area (Å²) in [6.07, 6.45) is 3.39. The van der Waals surface area contributed by atoms with E-state index in [0.717, 1.165) is 28.6 Å². The molecule has 0 bridgehead atoms. The van der Waals surface area contributed by atoms with E-state index in [2.05, 4.69) is 24.0 Å². The Labute approximate surface area is 106 Å². The van der Waals surface area contributed by atoms with E-state index >= 15 is 0 Å². The van der Waals surface area contributed by atoms with Gasteiger partial charge < -0.3 is 9.32 Å². The maximum Gasteiger partial charge on any atom is 0.0996 e. The van der Waals surface area contributed by atoms with E-state index in [-0.39, 0.29) is 0 Å². The second kappa shape index (κ2) is 5.89. The largest absolute Gasteiger partial charge is 0.472 e. The van der Waals surface area contributed by atoms with Gasteiger partial charge in [-0.05, 0) is 32.3 Å². The van der Waals surface area contributed by atoms with Gasteiger partial charge in [-0.3, -0.25) is 0 Å². The van der Waals surface area contributed by atoms with Gasteiger partial charge in [0.25, 0.3) is 0 Å². The highest BCUT2D eigenvalue weighted by Gasteiger charge is 2.02. The van der Waals surface area contributed by atoms with Gasteiger partial charge in [0.15, 0.2) is 0 Å². The summed E-state index contributed by atoms with van der Waals surface area (Å²) in [5.41, 5.74) is 1.99. The predicted octanol–water partition coefficient (Wildman–Crippen LogP) is 3.00. The van der Waals surface area contributed by atoms with Crippen LogP contribution in [0.25, 0.3) is 11.3 Å². The van der Waals surface area contributed by atoms with Crippen LogP contribution in [0.15, 0.2) is 46.2 Å². The van der Waals surface area contributed by atoms with E-state index in [1.165, 1.54) is 0 Å². The predicted molar refractivity (Wildman–Crippen MR) is 71.2 cm³/mol. The number of thioether (sulfide) groups is 1. The maximum absolute atomic E-state index is 5.07. The molecule has 0 atom stereocenters. The number of furan rings is 1. The Kier molecular flexibility index (Phi) is 4.23. The van der Waals surface area contributed by atoms with Crippen molar-refractivity contribution >= 4 is 11.8 Å². The van der Waals surface area contributed by atoms with Crippen LogP contribution in [-0.4, -0.2) is 36.3 Å². The Balaban J connectivity index is 2.02. The first-order valence-corrected chi connectivity index (χ1v) is 6.51. The highest BCUT2D eigenvalue weighted by Crippen LogP contribution is 2.21. The molecule has 0 aromatic carbocycles. The van der Waals surface area contributed by atoms with Gasteiger partial charge in [-0.25, -0.2) is 4.98 Å². The van der Waals surface area contributed by atoms with Gasteiger partial charge in [0.05, 0.1) is 23.2 Å². The maximum atomic E-state index is 5.07. The van der Waals surface area contributed by atoms with Gasteiger partial charge in [0.2, 0.25) is 0 Å². The van der Waals surface area contributed by atoms with Crippen molar-refractivity contribution < 1.29 is 4.42 Å². The van der Waals surface area contributed by atoms with Crippen LogP contribution in [-0.2, 0) is 0 Å². The van der Waals surface area contributed by atoms with Gasteiger partial charge in [-0.1, -0.05) is 6.07 Å². The van der Waals surface area contributed by atoms with Gasteiger partial charge in [-0.15, -0.1) is 11.8 Å². The number of hydrogen-bond acceptors (Lipinski definition) is 4. The molecule has 0 fully saturated rings. The smallest absolute Gasteiger partial charge is 0.0996 e. The van der Waals surface area contributed by atoms with E-state index in [1.807, 2.05) is 24.3 Å². The standard InChI is InChI=1S/C13H16N2OS/c1-15(2)7-9-17-13-5-3-4-12(14-13)11-6-8-16-10-11/h3-6,8,10H,7,9H2,1-2H3. The molecule has 4 heteroatoms. The normalized spacial score (nSPS) is 11.0. The molecule has 0 saturated heterocycles. The Bertz CT molecular complexity index is 454. The summed E-state index contributed by atoms with van der Waals surface area (Å²) in [7, 11) is 4.16. The zero-order chi connectivity index (χ0) is 12.1. The molecule has 90 valence electrons. The molecule has 0 radical (unpaired) electrons. The lowest BCUT2D eigenvalue weighted by Crippen LogP contribution is -2.14. The highest BCUT2D eigenvalue weighted by atomic mass is 32.2. The molecule has 17 heavy (non-hydrogen) atoms. The van der Waals surface area contributed by atoms with Gasteiger partial charge >= 0.3 is 0 Å². The summed E-state index contributed by atoms with van der Waals surface area (Å²) in [5, 5.41) is 1.06. The van der Waals surface area contributed by atoms with Crippen molar-refractivity contribution in [3.05, 3.63) is 36.8 Å². The average Bonchev–Trinajstić information content (AvgIpc) is 2.82. The number of hydrogen-bond donors (Lipinski definition) is 0. The molecule has 3 nitrogen and oxygen atoms in total. The Morgan fingerprint density at radius 2 is 2.18 bits per heavy atom. The molecule has 2 rings (SSSR count). The molecule has 2 aromatic rings. The third kappa shape index (κ3) is 3.61. The van der Waals surface area contributed by atoms with Gasteiger partial charge in [0.1, 0.15) is 0 Å². The van der Waals surface area contributed by atoms with Crippen molar-refractivity contribution in [1.29, 1.82) is 0 Å². The fourth-order valence-corrected chi connectivity index (χ4v) is 2.40. The Morgan fingerprint density at radius 3 is 2.88 bits per heavy atom. The first-order chi connectivity index (χ1) is 8.25. The minimum atomic E-state index is 0.966. The lowest BCUT2D eigenvalue weighted by Gasteiger charge is -2.08. The number of pyridine rings is 1. The summed E-state index contributed by atoms with van der Waals surface area (Å²) in [5.74, 6) is 1.05. The molecule has 2 heterocycles. The summed E-state index contributed by atoms with van der Waals surface area (Å²) >= 11 is 1.78. The second-order valence-electron chi connectivity index (χ2n) is 4.02. The number of nitrogens with zero attached hydrogens (tertiary/aromatic N) is 2. The zero-order valence-corrected chi connectivity index (χ0v) is 10.9. The average molecular weight is 248 g/mol. The van der Waals surface area contributed by atoms with Crippen molar-refractivity contribution in [2.75, 3.05) is 26.4 Å². The molecule has 2 aromatic heterocycles. The summed E-state index contributed by atoms with van der Waals surface area (Å²) in [6.45, 7) is 1.06. The molecule has 0 saturated carbocycles. The third-order valence-corrected chi connectivity index (χ3v) is 3.24. The van der Waals surface area contributed by atoms with Crippen LogP contribution in [0.4, 0.5) is 0 Å². The van der Waals surface area contributed by atoms with Crippen LogP contribution >= 0.6 is 11.8 Å². The molecular weight excluding hydrogens is 232 g/mol. The van der Waals surface area contributed by atoms with Crippen molar-refractivity contribution in [3.63, 3.8) is 0 Å². The van der Waals surface area contributed by atoms with Crippen molar-refractivity contribution in [2.45, 2.75) is 5.03 Å². The van der Waals surface area contributed by atoms with Crippen LogP contribution in [0.1, 0.15) is 0 Å². The van der Waals surface area contributed by atoms with Crippen LogP contribution in [0.5, 0.6) is 0 Å². The molecule has 0 aliphatic rings. The first-order valence-electron chi connectivity index (χ1n) is 5.53. The van der Waals surface area contributed by atoms with Crippen LogP contribution in [0.2, 0.25) is 0 Å². The van der Waals surface area contributed by atoms with E-state index < -0.39 is 0 Å². The highest BCUT2D eigenvalue weighted by molar-refractivity contribution is 7.99. The quantitative estimate of drug-likeness (QED) is 0.761. The SMILES string of the molecule is CN(C)CCSc1cccc(-c2ccoc2)n1. The first kappa shape index (κ1) is 12.2. The number of rotatable bonds is 5. The monoisotopic (exact) mass is 248 g/mol. The Hall–Kier alpha value is -1.26. The fourth-order valence-electron chi connectivity index (χ4n) is 1.40. The molecule has 0 spiro atoms. The van der Waals surface area contributed by atoms with E-state index in [1.54, 1.807) is 24.3 Å². The minimum absolute atomic E-state index is 0.966. The van der Waals surface area contributed by atoms with E-state index in [9.17, 15) is 0 Å². The van der Waals surface area contributed by atoms with Crippen molar-refractivity contribution in [2.24, 2.45) is 0 Å². The summed E-state index contributed by atoms with van der Waals surface area (Å²) in [6, 6.07) is 8.01. The summed E-state index contributed by atoms with van der Waals surface area (Å²) < 4.78 is 5.07. The zero-order valence-electron chi connectivity index (χ0n) is 10.1. The lowest BCUT2D eigenvalue weighted by atomic mass is 10.2. The molecule has 0 aliphatic carbocycles. The molecular formula is C13H16N2OS. The Morgan fingerprint density at radius 1 is 1.29 bits per heavy atom. The lowest BCUT2D eigenvalue weighted by molar-refractivity contribution is 0.437. The third-order valence-electron chi connectivity index (χ3n) is 2.33. The van der Waals surface area contributed by atoms with E-state index in [4.69, 9.17) is 4.42 Å². The van der Waals surface area contributed by atoms with Crippen LogP contribution < -0.4 is 0 Å². The van der Waals surface area contributed by atoms with Crippen LogP contribution in [0.3, 0.4) is 0 Å². The summed E-state index contributed by atoms with van der Waals surface area (Å²) in [4.78, 5) is 6.77. The topological polar surface area (TPSA) is 29.3 Å². The molecule has 0 N–H and O–H groups in total. The van der Waals surface area contributed by atoms with Gasteiger partial charge in [-0.2, -0.15) is 0 Å². The molecule has 0 aliphatic heterocycles. The molecule has 0 unspecified atom stereocenters. The van der Waals surface area contributed by atoms with E-state index in [0.29, 0.717) is 0 Å². The number of aromatic nitrogens is 1. The van der Waals surface area contributed by atoms with Crippen molar-refractivity contribution in [3.8, 4) is 11.3 Å². The minimum Gasteiger partial charge on any atom is -0.472 e. The van der Waals surface area contributed by atoms with Gasteiger partial charge in [0, 0.05) is 17.9 Å². The molecule has 0 amide bonds. The fraction of sp³-hybridized carbons (Fsp3) is 0.308. The van der Waals surface area contributed by atoms with Crippen LogP contribution in [0, 0.1) is 0 Å². The van der Waals surface area contributed by atoms with Crippen molar-refractivity contribution in [1.82, 2.24) is 9.88 Å².